The Labute approximate surface area is 36.2 Å². The third kappa shape index (κ3) is 202. The van der Waals surface area contributed by atoms with Crippen LogP contribution in [0.5, 0.6) is 0 Å². The standard InChI is InChI=1S/C2H4O2.Cl/c1-2(3)4;/h1H3,(H,3,4);/q;+1/p-1. The van der Waals surface area contributed by atoms with Crippen LogP contribution < -0.4 is 5.11 Å². The van der Waals surface area contributed by atoms with Crippen LogP contribution in [0.4, 0.5) is 0 Å². The summed E-state index contributed by atoms with van der Waals surface area (Å²) in [6, 6.07) is 0. The number of carboxylic acid groups (broad SMARTS) is 1. The minimum Gasteiger partial charge on any atom is -0.550 e. The van der Waals surface area contributed by atoms with Crippen molar-refractivity contribution in [1.82, 2.24) is 0 Å². The number of halogens is 1. The predicted octanol–water partition coefficient (Wildman–Crippen LogP) is -1.24. The monoisotopic (exact) mass is 94.0 g/mol. The molecule has 2 radical (unpaired) electrons. The van der Waals surface area contributed by atoms with E-state index < -0.39 is 5.97 Å². The van der Waals surface area contributed by atoms with Crippen molar-refractivity contribution in [2.75, 3.05) is 0 Å². The van der Waals surface area contributed by atoms with E-state index in [9.17, 15) is 0 Å². The quantitative estimate of drug-likeness (QED) is 0.377. The molecule has 30 valence electrons. The van der Waals surface area contributed by atoms with Crippen molar-refractivity contribution >= 4 is 5.97 Å². The van der Waals surface area contributed by atoms with Gasteiger partial charge in [-0.05, 0) is 6.92 Å². The third-order valence-electron chi connectivity index (χ3n) is 0. The predicted molar refractivity (Wildman–Crippen MR) is 10.7 cm³/mol. The highest BCUT2D eigenvalue weighted by atomic mass is 35.5. The maximum Gasteiger partial charge on any atom is 1.00 e. The van der Waals surface area contributed by atoms with Crippen LogP contribution in [0.15, 0.2) is 0 Å². The average molecular weight is 94.5 g/mol. The van der Waals surface area contributed by atoms with Crippen LogP contribution in [0.1, 0.15) is 6.92 Å². The molecule has 0 aromatic heterocycles. The van der Waals surface area contributed by atoms with E-state index in [1.807, 2.05) is 0 Å². The molecular weight excluding hydrogens is 91.5 g/mol. The van der Waals surface area contributed by atoms with Crippen LogP contribution in [-0.2, 0) is 4.79 Å². The van der Waals surface area contributed by atoms with Gasteiger partial charge in [0.15, 0.2) is 0 Å². The molecule has 0 bridgehead atoms. The molecule has 2 nitrogen and oxygen atoms in total. The maximum absolute atomic E-state index is 8.89. The first kappa shape index (κ1) is 8.83. The number of hydrogen-bond donors (Lipinski definition) is 0. The van der Waals surface area contributed by atoms with Gasteiger partial charge in [-0.2, -0.15) is 0 Å². The highest BCUT2D eigenvalue weighted by molar-refractivity contribution is 5.60. The number of carboxylic acids is 1. The molecule has 0 rings (SSSR count). The van der Waals surface area contributed by atoms with Gasteiger partial charge in [-0.1, -0.05) is 0 Å². The van der Waals surface area contributed by atoms with Crippen LogP contribution in [0.25, 0.3) is 0 Å². The number of carbonyl (C=O) groups excluding carboxylic acids is 1. The van der Waals surface area contributed by atoms with Crippen molar-refractivity contribution < 1.29 is 22.3 Å². The van der Waals surface area contributed by atoms with Gasteiger partial charge in [0.1, 0.15) is 0 Å². The van der Waals surface area contributed by atoms with E-state index in [0.29, 0.717) is 0 Å². The first-order valence-electron chi connectivity index (χ1n) is 0.908. The Kier molecular flexibility index (Phi) is 6.64. The molecule has 0 N–H and O–H groups in total. The zero-order valence-electron chi connectivity index (χ0n) is 2.69. The number of aliphatic carboxylic acids is 1. The molecule has 0 aromatic carbocycles. The molecule has 0 spiro atoms. The van der Waals surface area contributed by atoms with Crippen molar-refractivity contribution in [2.24, 2.45) is 0 Å². The molecule has 0 aliphatic carbocycles. The minimum absolute atomic E-state index is 0. The van der Waals surface area contributed by atoms with Crippen LogP contribution >= 0.6 is 0 Å². The lowest BCUT2D eigenvalue weighted by molar-refractivity contribution is -0.302. The topological polar surface area (TPSA) is 40.1 Å². The minimum atomic E-state index is -1.08. The third-order valence-corrected chi connectivity index (χ3v) is 0. The number of carbonyl (C=O) groups is 1. The molecule has 0 unspecified atom stereocenters. The summed E-state index contributed by atoms with van der Waals surface area (Å²) in [4.78, 5) is 8.89. The summed E-state index contributed by atoms with van der Waals surface area (Å²) >= 11 is 0. The zero-order valence-corrected chi connectivity index (χ0v) is 3.45. The molecule has 0 saturated carbocycles. The van der Waals surface area contributed by atoms with Gasteiger partial charge in [0, 0.05) is 5.97 Å². The fourth-order valence-corrected chi connectivity index (χ4v) is 0. The molecule has 0 atom stereocenters. The highest BCUT2D eigenvalue weighted by Crippen LogP contribution is 1.31. The fraction of sp³-hybridized carbons (Fsp3) is 0.500. The SMILES string of the molecule is CC(=O)[O-].[Cl+]. The largest absolute Gasteiger partial charge is 1.00 e. The van der Waals surface area contributed by atoms with Gasteiger partial charge in [-0.25, -0.2) is 0 Å². The Morgan fingerprint density at radius 3 is 1.80 bits per heavy atom. The average Bonchev–Trinajstić information content (AvgIpc) is 0.811. The van der Waals surface area contributed by atoms with Crippen molar-refractivity contribution in [3.8, 4) is 0 Å². The zero-order chi connectivity index (χ0) is 3.58. The normalized spacial score (nSPS) is 5.00. The second kappa shape index (κ2) is 3.76. The van der Waals surface area contributed by atoms with E-state index in [4.69, 9.17) is 9.90 Å². The van der Waals surface area contributed by atoms with Gasteiger partial charge in [0.25, 0.3) is 0 Å². The van der Waals surface area contributed by atoms with E-state index in [2.05, 4.69) is 0 Å². The summed E-state index contributed by atoms with van der Waals surface area (Å²) in [5.74, 6) is -1.08. The maximum atomic E-state index is 8.89. The summed E-state index contributed by atoms with van der Waals surface area (Å²) in [6.45, 7) is 0.972. The molecule has 0 heterocycles. The molecule has 0 aliphatic rings. The van der Waals surface area contributed by atoms with Gasteiger partial charge >= 0.3 is 12.4 Å². The van der Waals surface area contributed by atoms with E-state index in [1.54, 1.807) is 0 Å². The second-order valence-electron chi connectivity index (χ2n) is 0.492. The summed E-state index contributed by atoms with van der Waals surface area (Å²) in [7, 11) is 0. The smallest absolute Gasteiger partial charge is 0.550 e. The molecule has 3 heteroatoms. The van der Waals surface area contributed by atoms with Crippen LogP contribution in [0.3, 0.4) is 0 Å². The van der Waals surface area contributed by atoms with Gasteiger partial charge in [-0.15, -0.1) is 0 Å². The summed E-state index contributed by atoms with van der Waals surface area (Å²) in [5.41, 5.74) is 0. The van der Waals surface area contributed by atoms with Crippen molar-refractivity contribution in [3.05, 3.63) is 0 Å². The van der Waals surface area contributed by atoms with E-state index in [-0.39, 0.29) is 12.4 Å². The van der Waals surface area contributed by atoms with Gasteiger partial charge in [0.05, 0.1) is 0 Å². The summed E-state index contributed by atoms with van der Waals surface area (Å²) in [6.07, 6.45) is 0. The number of rotatable bonds is 0. The molecule has 0 amide bonds. The Morgan fingerprint density at radius 1 is 1.80 bits per heavy atom. The van der Waals surface area contributed by atoms with Gasteiger partial charge in [-0.3, -0.25) is 0 Å². The molecule has 0 aliphatic heterocycles. The lowest BCUT2D eigenvalue weighted by Crippen LogP contribution is -2.16. The van der Waals surface area contributed by atoms with E-state index in [0.717, 1.165) is 6.92 Å². The molecular formula is C2H3ClO2. The first-order chi connectivity index (χ1) is 1.73. The van der Waals surface area contributed by atoms with Crippen molar-refractivity contribution in [3.63, 3.8) is 0 Å². The Bertz CT molecular complexity index is 30.6. The van der Waals surface area contributed by atoms with Crippen molar-refractivity contribution in [1.29, 1.82) is 0 Å². The molecule has 0 saturated heterocycles. The Balaban J connectivity index is 0. The Hall–Kier alpha value is -0.240. The van der Waals surface area contributed by atoms with Gasteiger partial charge in [0.2, 0.25) is 0 Å². The van der Waals surface area contributed by atoms with Crippen LogP contribution in [0.2, 0.25) is 0 Å². The fourth-order valence-electron chi connectivity index (χ4n) is 0. The van der Waals surface area contributed by atoms with Crippen molar-refractivity contribution in [2.45, 2.75) is 6.92 Å². The van der Waals surface area contributed by atoms with E-state index >= 15 is 0 Å². The lowest BCUT2D eigenvalue weighted by atomic mass is 10.9. The molecule has 0 aromatic rings. The highest BCUT2D eigenvalue weighted by Gasteiger charge is 1.46. The van der Waals surface area contributed by atoms with E-state index in [1.165, 1.54) is 0 Å². The van der Waals surface area contributed by atoms with Crippen LogP contribution in [0, 0.1) is 12.4 Å². The van der Waals surface area contributed by atoms with Crippen LogP contribution in [-0.4, -0.2) is 5.97 Å². The second-order valence-corrected chi connectivity index (χ2v) is 0.492. The number of hydrogen-bond acceptors (Lipinski definition) is 2. The molecule has 5 heavy (non-hydrogen) atoms. The Morgan fingerprint density at radius 2 is 1.80 bits per heavy atom. The first-order valence-corrected chi connectivity index (χ1v) is 0.908. The summed E-state index contributed by atoms with van der Waals surface area (Å²) in [5, 5.41) is 8.89. The lowest BCUT2D eigenvalue weighted by Gasteiger charge is -1.77. The molecule has 0 fully saturated rings. The summed E-state index contributed by atoms with van der Waals surface area (Å²) < 4.78 is 0. The van der Waals surface area contributed by atoms with Gasteiger partial charge < -0.3 is 9.90 Å².